The SMILES string of the molecule is CC(C)(C)c1cnc(/C=C/c2cnc(NC3CCCCC3)s2)o1. The zero-order chi connectivity index (χ0) is 16.3. The summed E-state index contributed by atoms with van der Waals surface area (Å²) in [5, 5.41) is 4.57. The van der Waals surface area contributed by atoms with Crippen LogP contribution in [0.2, 0.25) is 0 Å². The molecule has 0 spiro atoms. The lowest BCUT2D eigenvalue weighted by atomic mass is 9.94. The molecule has 1 aliphatic rings. The topological polar surface area (TPSA) is 51.0 Å². The molecule has 4 nitrogen and oxygen atoms in total. The van der Waals surface area contributed by atoms with Gasteiger partial charge in [-0.25, -0.2) is 9.97 Å². The number of oxazole rings is 1. The highest BCUT2D eigenvalue weighted by atomic mass is 32.1. The third-order valence-corrected chi connectivity index (χ3v) is 5.00. The van der Waals surface area contributed by atoms with Gasteiger partial charge in [-0.05, 0) is 18.9 Å². The molecule has 0 unspecified atom stereocenters. The Morgan fingerprint density at radius 3 is 2.61 bits per heavy atom. The second-order valence-corrected chi connectivity index (χ2v) is 8.26. The van der Waals surface area contributed by atoms with Crippen LogP contribution >= 0.6 is 11.3 Å². The summed E-state index contributed by atoms with van der Waals surface area (Å²) in [7, 11) is 0. The first kappa shape index (κ1) is 16.2. The van der Waals surface area contributed by atoms with E-state index in [0.717, 1.165) is 15.8 Å². The van der Waals surface area contributed by atoms with Crippen LogP contribution in [0.5, 0.6) is 0 Å². The molecule has 2 aromatic heterocycles. The van der Waals surface area contributed by atoms with E-state index in [1.807, 2.05) is 24.5 Å². The zero-order valence-electron chi connectivity index (χ0n) is 14.1. The summed E-state index contributed by atoms with van der Waals surface area (Å²) in [5.41, 5.74) is -0.0132. The first-order valence-electron chi connectivity index (χ1n) is 8.37. The molecule has 3 rings (SSSR count). The van der Waals surface area contributed by atoms with E-state index in [9.17, 15) is 0 Å². The van der Waals surface area contributed by atoms with Crippen LogP contribution in [-0.4, -0.2) is 16.0 Å². The average molecular weight is 331 g/mol. The van der Waals surface area contributed by atoms with Crippen molar-refractivity contribution in [2.75, 3.05) is 5.32 Å². The number of aromatic nitrogens is 2. The number of hydrogen-bond donors (Lipinski definition) is 1. The molecule has 0 atom stereocenters. The normalized spacial score (nSPS) is 17.0. The van der Waals surface area contributed by atoms with Crippen LogP contribution in [0.15, 0.2) is 16.8 Å². The predicted molar refractivity (Wildman–Crippen MR) is 96.7 cm³/mol. The molecule has 0 radical (unpaired) electrons. The second-order valence-electron chi connectivity index (χ2n) is 7.19. The molecule has 2 heterocycles. The number of hydrogen-bond acceptors (Lipinski definition) is 5. The van der Waals surface area contributed by atoms with Gasteiger partial charge in [0, 0.05) is 28.6 Å². The fourth-order valence-electron chi connectivity index (χ4n) is 2.72. The maximum Gasteiger partial charge on any atom is 0.218 e. The maximum atomic E-state index is 5.77. The quantitative estimate of drug-likeness (QED) is 0.821. The summed E-state index contributed by atoms with van der Waals surface area (Å²) in [4.78, 5) is 9.90. The molecule has 1 aliphatic carbocycles. The van der Waals surface area contributed by atoms with Crippen molar-refractivity contribution in [2.45, 2.75) is 64.3 Å². The lowest BCUT2D eigenvalue weighted by Gasteiger charge is -2.22. The minimum atomic E-state index is -0.0132. The van der Waals surface area contributed by atoms with Crippen molar-refractivity contribution in [1.82, 2.24) is 9.97 Å². The van der Waals surface area contributed by atoms with Gasteiger partial charge in [-0.15, -0.1) is 0 Å². The Kier molecular flexibility index (Phi) is 4.85. The Bertz CT molecular complexity index is 660. The summed E-state index contributed by atoms with van der Waals surface area (Å²) in [5.74, 6) is 1.55. The van der Waals surface area contributed by atoms with Crippen LogP contribution < -0.4 is 5.32 Å². The third kappa shape index (κ3) is 4.44. The Morgan fingerprint density at radius 1 is 1.13 bits per heavy atom. The Balaban J connectivity index is 1.60. The molecule has 23 heavy (non-hydrogen) atoms. The van der Waals surface area contributed by atoms with E-state index in [1.165, 1.54) is 32.1 Å². The first-order chi connectivity index (χ1) is 11.0. The van der Waals surface area contributed by atoms with Crippen molar-refractivity contribution in [3.05, 3.63) is 28.9 Å². The number of anilines is 1. The van der Waals surface area contributed by atoms with Crippen molar-refractivity contribution in [2.24, 2.45) is 0 Å². The molecule has 0 saturated heterocycles. The van der Waals surface area contributed by atoms with Gasteiger partial charge in [0.2, 0.25) is 5.89 Å². The summed E-state index contributed by atoms with van der Waals surface area (Å²) in [6.45, 7) is 6.36. The van der Waals surface area contributed by atoms with E-state index in [0.29, 0.717) is 11.9 Å². The zero-order valence-corrected chi connectivity index (χ0v) is 14.9. The summed E-state index contributed by atoms with van der Waals surface area (Å²) >= 11 is 1.68. The lowest BCUT2D eigenvalue weighted by Crippen LogP contribution is -2.21. The highest BCUT2D eigenvalue weighted by Crippen LogP contribution is 2.26. The van der Waals surface area contributed by atoms with Crippen LogP contribution in [-0.2, 0) is 5.41 Å². The van der Waals surface area contributed by atoms with Crippen LogP contribution in [0.25, 0.3) is 12.2 Å². The molecule has 124 valence electrons. The number of thiazole rings is 1. The van der Waals surface area contributed by atoms with E-state index < -0.39 is 0 Å². The molecule has 0 amide bonds. The number of rotatable bonds is 4. The van der Waals surface area contributed by atoms with Gasteiger partial charge in [-0.2, -0.15) is 0 Å². The molecule has 1 N–H and O–H groups in total. The van der Waals surface area contributed by atoms with E-state index >= 15 is 0 Å². The van der Waals surface area contributed by atoms with E-state index in [2.05, 4.69) is 36.1 Å². The molecule has 0 aromatic carbocycles. The average Bonchev–Trinajstić information content (AvgIpc) is 3.15. The summed E-state index contributed by atoms with van der Waals surface area (Å²) in [6, 6.07) is 0.591. The first-order valence-corrected chi connectivity index (χ1v) is 9.19. The van der Waals surface area contributed by atoms with Crippen molar-refractivity contribution in [3.8, 4) is 0 Å². The Hall–Kier alpha value is -1.62. The Labute approximate surface area is 142 Å². The van der Waals surface area contributed by atoms with Crippen molar-refractivity contribution in [1.29, 1.82) is 0 Å². The summed E-state index contributed by atoms with van der Waals surface area (Å²) in [6.07, 6.45) is 14.2. The van der Waals surface area contributed by atoms with Crippen LogP contribution in [0.3, 0.4) is 0 Å². The van der Waals surface area contributed by atoms with Crippen molar-refractivity contribution in [3.63, 3.8) is 0 Å². The third-order valence-electron chi connectivity index (χ3n) is 4.11. The van der Waals surface area contributed by atoms with Crippen LogP contribution in [0.4, 0.5) is 5.13 Å². The van der Waals surface area contributed by atoms with Crippen molar-refractivity contribution >= 4 is 28.6 Å². The van der Waals surface area contributed by atoms with E-state index in [-0.39, 0.29) is 5.41 Å². The lowest BCUT2D eigenvalue weighted by molar-refractivity contribution is 0.403. The molecule has 0 bridgehead atoms. The van der Waals surface area contributed by atoms with Gasteiger partial charge in [0.1, 0.15) is 5.76 Å². The minimum absolute atomic E-state index is 0.0132. The predicted octanol–water partition coefficient (Wildman–Crippen LogP) is 5.34. The van der Waals surface area contributed by atoms with Gasteiger partial charge in [0.25, 0.3) is 0 Å². The van der Waals surface area contributed by atoms with Gasteiger partial charge in [-0.3, -0.25) is 0 Å². The smallest absolute Gasteiger partial charge is 0.218 e. The molecule has 1 fully saturated rings. The molecular formula is C18H25N3OS. The highest BCUT2D eigenvalue weighted by Gasteiger charge is 2.18. The standard InChI is InChI=1S/C18H25N3OS/c1-18(2,3)15-12-19-16(22-15)10-9-14-11-20-17(23-14)21-13-7-5-4-6-8-13/h9-13H,4-8H2,1-3H3,(H,20,21)/b10-9+. The fourth-order valence-corrected chi connectivity index (χ4v) is 3.51. The number of nitrogens with one attached hydrogen (secondary N) is 1. The minimum Gasteiger partial charge on any atom is -0.441 e. The highest BCUT2D eigenvalue weighted by molar-refractivity contribution is 7.16. The van der Waals surface area contributed by atoms with Gasteiger partial charge < -0.3 is 9.73 Å². The van der Waals surface area contributed by atoms with Crippen molar-refractivity contribution < 1.29 is 4.42 Å². The monoisotopic (exact) mass is 331 g/mol. The molecular weight excluding hydrogens is 306 g/mol. The maximum absolute atomic E-state index is 5.77. The van der Waals surface area contributed by atoms with Crippen LogP contribution in [0.1, 0.15) is 69.4 Å². The molecule has 0 aliphatic heterocycles. The Morgan fingerprint density at radius 2 is 1.91 bits per heavy atom. The van der Waals surface area contributed by atoms with Gasteiger partial charge >= 0.3 is 0 Å². The molecule has 1 saturated carbocycles. The number of nitrogens with zero attached hydrogens (tertiary/aromatic N) is 2. The largest absolute Gasteiger partial charge is 0.441 e. The van der Waals surface area contributed by atoms with Crippen LogP contribution in [0, 0.1) is 0 Å². The van der Waals surface area contributed by atoms with E-state index in [4.69, 9.17) is 4.42 Å². The van der Waals surface area contributed by atoms with Gasteiger partial charge in [-0.1, -0.05) is 51.4 Å². The molecule has 5 heteroatoms. The molecule has 2 aromatic rings. The van der Waals surface area contributed by atoms with Gasteiger partial charge in [0.05, 0.1) is 6.20 Å². The second kappa shape index (κ2) is 6.87. The fraction of sp³-hybridized carbons (Fsp3) is 0.556. The summed E-state index contributed by atoms with van der Waals surface area (Å²) < 4.78 is 5.77. The van der Waals surface area contributed by atoms with Gasteiger partial charge in [0.15, 0.2) is 5.13 Å². The van der Waals surface area contributed by atoms with E-state index in [1.54, 1.807) is 11.3 Å².